The average Bonchev–Trinajstić information content (AvgIpc) is 3.35. The number of hydrogen-bond donors (Lipinski definition) is 5. The van der Waals surface area contributed by atoms with Crippen LogP contribution in [-0.2, 0) is 4.79 Å². The van der Waals surface area contributed by atoms with E-state index >= 15 is 0 Å². The number of rotatable bonds is 7. The molecule has 1 amide bonds. The first-order valence-corrected chi connectivity index (χ1v) is 11.9. The molecule has 3 heterocycles. The van der Waals surface area contributed by atoms with Crippen molar-refractivity contribution >= 4 is 52.6 Å². The van der Waals surface area contributed by atoms with E-state index in [1.165, 1.54) is 19.3 Å². The van der Waals surface area contributed by atoms with E-state index < -0.39 is 0 Å². The van der Waals surface area contributed by atoms with Gasteiger partial charge in [0.25, 0.3) is 5.91 Å². The number of fused-ring (bicyclic) bond motifs is 1. The van der Waals surface area contributed by atoms with Crippen molar-refractivity contribution in [3.8, 4) is 0 Å². The number of aromatic nitrogens is 4. The Morgan fingerprint density at radius 2 is 1.80 bits per heavy atom. The molecule has 188 valence electrons. The summed E-state index contributed by atoms with van der Waals surface area (Å²) in [4.78, 5) is 32.5. The van der Waals surface area contributed by atoms with Gasteiger partial charge in [-0.25, -0.2) is 10.5 Å². The number of hydroxylamine groups is 1. The Kier molecular flexibility index (Phi) is 8.21. The summed E-state index contributed by atoms with van der Waals surface area (Å²) in [6, 6.07) is 8.63. The van der Waals surface area contributed by atoms with E-state index in [4.69, 9.17) is 10.2 Å². The molecule has 35 heavy (non-hydrogen) atoms. The van der Waals surface area contributed by atoms with Crippen molar-refractivity contribution in [1.82, 2.24) is 30.3 Å². The van der Waals surface area contributed by atoms with Gasteiger partial charge >= 0.3 is 0 Å². The molecular weight excluding hydrogens is 470 g/mol. The molecule has 1 aromatic carbocycles. The van der Waals surface area contributed by atoms with E-state index in [9.17, 15) is 4.79 Å². The number of imidazole rings is 1. The second-order valence-electron chi connectivity index (χ2n) is 8.95. The van der Waals surface area contributed by atoms with Crippen molar-refractivity contribution in [3.05, 3.63) is 30.6 Å². The van der Waals surface area contributed by atoms with E-state index in [1.807, 2.05) is 17.0 Å². The van der Waals surface area contributed by atoms with Crippen molar-refractivity contribution in [3.63, 3.8) is 0 Å². The lowest BCUT2D eigenvalue weighted by molar-refractivity contribution is -0.130. The number of H-pyrrole nitrogens is 1. The smallest absolute Gasteiger partial charge is 0.257 e. The van der Waals surface area contributed by atoms with Gasteiger partial charge in [0.15, 0.2) is 11.5 Å². The lowest BCUT2D eigenvalue weighted by atomic mass is 9.95. The molecule has 5 N–H and O–H groups in total. The quantitative estimate of drug-likeness (QED) is 0.244. The minimum absolute atomic E-state index is 0. The third-order valence-corrected chi connectivity index (χ3v) is 6.58. The van der Waals surface area contributed by atoms with Gasteiger partial charge in [-0.15, -0.1) is 12.4 Å². The second-order valence-corrected chi connectivity index (χ2v) is 8.95. The lowest BCUT2D eigenvalue weighted by Gasteiger charge is -2.35. The SMILES string of the molecule is Cl.O=C(CN1CCN(c2ccc(Nc3nc(NC4CCCCC4)c4[nH]cnc4n3)cc2)CC1)NO. The summed E-state index contributed by atoms with van der Waals surface area (Å²) < 4.78 is 0. The molecule has 2 aliphatic rings. The Morgan fingerprint density at radius 1 is 1.06 bits per heavy atom. The molecule has 0 bridgehead atoms. The number of aromatic amines is 1. The summed E-state index contributed by atoms with van der Waals surface area (Å²) in [7, 11) is 0. The number of nitrogens with zero attached hydrogens (tertiary/aromatic N) is 5. The van der Waals surface area contributed by atoms with E-state index in [1.54, 1.807) is 11.8 Å². The minimum atomic E-state index is -0.378. The molecule has 2 fully saturated rings. The second kappa shape index (κ2) is 11.5. The molecule has 11 nitrogen and oxygen atoms in total. The van der Waals surface area contributed by atoms with Crippen LogP contribution in [0.2, 0.25) is 0 Å². The van der Waals surface area contributed by atoms with E-state index in [-0.39, 0.29) is 24.9 Å². The number of hydrogen-bond acceptors (Lipinski definition) is 9. The predicted octanol–water partition coefficient (Wildman–Crippen LogP) is 2.89. The fraction of sp³-hybridized carbons (Fsp3) is 0.478. The normalized spacial score (nSPS) is 17.1. The average molecular weight is 502 g/mol. The van der Waals surface area contributed by atoms with Crippen LogP contribution in [0.5, 0.6) is 0 Å². The van der Waals surface area contributed by atoms with Crippen LogP contribution in [0.4, 0.5) is 23.1 Å². The van der Waals surface area contributed by atoms with Crippen LogP contribution in [-0.4, -0.2) is 74.7 Å². The topological polar surface area (TPSA) is 134 Å². The zero-order valence-corrected chi connectivity index (χ0v) is 20.4. The molecule has 1 aliphatic carbocycles. The number of benzene rings is 1. The minimum Gasteiger partial charge on any atom is -0.369 e. The number of carbonyl (C=O) groups excluding carboxylic acids is 1. The van der Waals surface area contributed by atoms with Crippen LogP contribution < -0.4 is 21.0 Å². The number of halogens is 1. The Labute approximate surface area is 210 Å². The van der Waals surface area contributed by atoms with Gasteiger partial charge in [0.05, 0.1) is 12.9 Å². The maximum Gasteiger partial charge on any atom is 0.257 e. The van der Waals surface area contributed by atoms with Gasteiger partial charge in [-0.05, 0) is 37.1 Å². The fourth-order valence-corrected chi connectivity index (χ4v) is 4.72. The third-order valence-electron chi connectivity index (χ3n) is 6.58. The van der Waals surface area contributed by atoms with Crippen LogP contribution in [0.1, 0.15) is 32.1 Å². The Hall–Kier alpha value is -3.15. The lowest BCUT2D eigenvalue weighted by Crippen LogP contribution is -2.49. The first-order chi connectivity index (χ1) is 16.7. The van der Waals surface area contributed by atoms with Gasteiger partial charge in [-0.3, -0.25) is 14.9 Å². The zero-order chi connectivity index (χ0) is 23.3. The maximum atomic E-state index is 11.4. The van der Waals surface area contributed by atoms with Crippen LogP contribution in [0.15, 0.2) is 30.6 Å². The molecule has 3 aromatic rings. The van der Waals surface area contributed by atoms with Crippen LogP contribution >= 0.6 is 12.4 Å². The number of nitrogens with one attached hydrogen (secondary N) is 4. The van der Waals surface area contributed by atoms with Gasteiger partial charge in [-0.2, -0.15) is 9.97 Å². The van der Waals surface area contributed by atoms with Crippen LogP contribution in [0, 0.1) is 0 Å². The van der Waals surface area contributed by atoms with Crippen molar-refractivity contribution in [2.24, 2.45) is 0 Å². The molecular formula is C23H32ClN9O2. The third kappa shape index (κ3) is 6.11. The first-order valence-electron chi connectivity index (χ1n) is 11.9. The fourth-order valence-electron chi connectivity index (χ4n) is 4.72. The Balaban J connectivity index is 0.00000289. The van der Waals surface area contributed by atoms with Crippen molar-refractivity contribution in [1.29, 1.82) is 0 Å². The van der Waals surface area contributed by atoms with Crippen molar-refractivity contribution in [2.45, 2.75) is 38.1 Å². The van der Waals surface area contributed by atoms with Gasteiger partial charge in [0.1, 0.15) is 5.52 Å². The maximum absolute atomic E-state index is 11.4. The highest BCUT2D eigenvalue weighted by Crippen LogP contribution is 2.26. The Bertz CT molecular complexity index is 1110. The van der Waals surface area contributed by atoms with Crippen LogP contribution in [0.25, 0.3) is 11.2 Å². The summed E-state index contributed by atoms with van der Waals surface area (Å²) in [6.07, 6.45) is 7.78. The number of carbonyl (C=O) groups is 1. The van der Waals surface area contributed by atoms with Gasteiger partial charge in [0.2, 0.25) is 5.95 Å². The van der Waals surface area contributed by atoms with Crippen molar-refractivity contribution in [2.75, 3.05) is 48.3 Å². The van der Waals surface area contributed by atoms with E-state index in [0.717, 1.165) is 61.7 Å². The van der Waals surface area contributed by atoms with Crippen LogP contribution in [0.3, 0.4) is 0 Å². The summed E-state index contributed by atoms with van der Waals surface area (Å²) in [5.74, 6) is 0.930. The molecule has 5 rings (SSSR count). The highest BCUT2D eigenvalue weighted by atomic mass is 35.5. The molecule has 0 spiro atoms. The number of amides is 1. The summed E-state index contributed by atoms with van der Waals surface area (Å²) >= 11 is 0. The van der Waals surface area contributed by atoms with E-state index in [0.29, 0.717) is 17.6 Å². The standard InChI is InChI=1S/C23H31N9O2.ClH/c33-19(30-34)14-31-10-12-32(13-11-31)18-8-6-17(7-9-18)27-23-28-21-20(24-15-25-21)22(29-23)26-16-4-2-1-3-5-16;/h6-9,15-16,34H,1-5,10-14H2,(H,30,33)(H3,24,25,26,27,28,29);1H. The number of anilines is 4. The molecule has 1 aliphatic heterocycles. The monoisotopic (exact) mass is 501 g/mol. The molecule has 1 saturated heterocycles. The summed E-state index contributed by atoms with van der Waals surface area (Å²) in [6.45, 7) is 3.38. The molecule has 12 heteroatoms. The first kappa shape index (κ1) is 25.0. The molecule has 2 aromatic heterocycles. The molecule has 0 radical (unpaired) electrons. The van der Waals surface area contributed by atoms with Crippen molar-refractivity contribution < 1.29 is 10.0 Å². The predicted molar refractivity (Wildman–Crippen MR) is 138 cm³/mol. The van der Waals surface area contributed by atoms with E-state index in [2.05, 4.69) is 42.6 Å². The zero-order valence-electron chi connectivity index (χ0n) is 19.5. The largest absolute Gasteiger partial charge is 0.369 e. The molecule has 0 unspecified atom stereocenters. The highest BCUT2D eigenvalue weighted by Gasteiger charge is 2.20. The highest BCUT2D eigenvalue weighted by molar-refractivity contribution is 5.85. The summed E-state index contributed by atoms with van der Waals surface area (Å²) in [5, 5.41) is 15.6. The van der Waals surface area contributed by atoms with Gasteiger partial charge in [0, 0.05) is 43.6 Å². The van der Waals surface area contributed by atoms with Gasteiger partial charge in [-0.1, -0.05) is 19.3 Å². The molecule has 1 saturated carbocycles. The van der Waals surface area contributed by atoms with Gasteiger partial charge < -0.3 is 20.5 Å². The molecule has 0 atom stereocenters. The Morgan fingerprint density at radius 3 is 2.51 bits per heavy atom. The summed E-state index contributed by atoms with van der Waals surface area (Å²) in [5.41, 5.74) is 5.19. The number of piperazine rings is 1.